The molecule has 1 aliphatic carbocycles. The van der Waals surface area contributed by atoms with Crippen LogP contribution in [-0.2, 0) is 5.41 Å². The van der Waals surface area contributed by atoms with E-state index >= 15 is 0 Å². The van der Waals surface area contributed by atoms with Crippen molar-refractivity contribution in [2.45, 2.75) is 19.3 Å². The highest BCUT2D eigenvalue weighted by Gasteiger charge is 2.37. The molecule has 9 aromatic rings. The van der Waals surface area contributed by atoms with Crippen molar-refractivity contribution in [1.29, 1.82) is 0 Å². The molecule has 0 fully saturated rings. The topological polar surface area (TPSA) is 38.7 Å². The molecule has 260 valence electrons. The van der Waals surface area contributed by atoms with E-state index < -0.39 is 0 Å². The maximum atomic E-state index is 5.33. The van der Waals surface area contributed by atoms with E-state index in [1.807, 2.05) is 12.1 Å². The Morgan fingerprint density at radius 2 is 0.673 bits per heavy atom. The zero-order chi connectivity index (χ0) is 36.9. The van der Waals surface area contributed by atoms with Gasteiger partial charge in [-0.1, -0.05) is 196 Å². The Hall–Kier alpha value is -6.97. The number of rotatable bonds is 6. The molecule has 0 radical (unpaired) electrons. The van der Waals surface area contributed by atoms with E-state index in [9.17, 15) is 0 Å². The average molecular weight is 704 g/mol. The van der Waals surface area contributed by atoms with Crippen LogP contribution in [0.1, 0.15) is 25.0 Å². The van der Waals surface area contributed by atoms with Crippen molar-refractivity contribution in [3.8, 4) is 78.7 Å². The molecule has 1 aromatic heterocycles. The first-order valence-electron chi connectivity index (χ1n) is 18.9. The van der Waals surface area contributed by atoms with Crippen molar-refractivity contribution in [3.63, 3.8) is 0 Å². The molecule has 0 amide bonds. The third-order valence-electron chi connectivity index (χ3n) is 11.2. The van der Waals surface area contributed by atoms with Crippen LogP contribution >= 0.6 is 0 Å². The Kier molecular flexibility index (Phi) is 7.81. The van der Waals surface area contributed by atoms with Gasteiger partial charge in [0.1, 0.15) is 0 Å². The lowest BCUT2D eigenvalue weighted by atomic mass is 9.78. The number of hydrogen-bond acceptors (Lipinski definition) is 3. The molecule has 0 N–H and O–H groups in total. The lowest BCUT2D eigenvalue weighted by molar-refractivity contribution is 0.662. The van der Waals surface area contributed by atoms with Crippen molar-refractivity contribution in [3.05, 3.63) is 199 Å². The second-order valence-electron chi connectivity index (χ2n) is 14.7. The summed E-state index contributed by atoms with van der Waals surface area (Å²) in [4.78, 5) is 15.9. The van der Waals surface area contributed by atoms with E-state index in [0.29, 0.717) is 17.5 Å². The van der Waals surface area contributed by atoms with Crippen LogP contribution in [0.15, 0.2) is 188 Å². The number of fused-ring (bicyclic) bond motifs is 4. The van der Waals surface area contributed by atoms with Gasteiger partial charge in [-0.3, -0.25) is 0 Å². The molecule has 0 unspecified atom stereocenters. The minimum Gasteiger partial charge on any atom is -0.208 e. The van der Waals surface area contributed by atoms with Gasteiger partial charge in [0.15, 0.2) is 17.5 Å². The quantitative estimate of drug-likeness (QED) is 0.173. The smallest absolute Gasteiger partial charge is 0.164 e. The van der Waals surface area contributed by atoms with E-state index in [2.05, 4.69) is 190 Å². The third-order valence-corrected chi connectivity index (χ3v) is 11.2. The summed E-state index contributed by atoms with van der Waals surface area (Å²) in [5, 5.41) is 2.26. The second-order valence-corrected chi connectivity index (χ2v) is 14.7. The molecule has 3 heteroatoms. The molecule has 0 spiro atoms. The Morgan fingerprint density at radius 1 is 0.291 bits per heavy atom. The van der Waals surface area contributed by atoms with Crippen molar-refractivity contribution < 1.29 is 0 Å². The Morgan fingerprint density at radius 3 is 1.24 bits per heavy atom. The highest BCUT2D eigenvalue weighted by atomic mass is 15.0. The second kappa shape index (κ2) is 13.2. The Balaban J connectivity index is 1.21. The van der Waals surface area contributed by atoms with Gasteiger partial charge in [-0.05, 0) is 72.5 Å². The van der Waals surface area contributed by atoms with Crippen LogP contribution in [0.5, 0.6) is 0 Å². The summed E-state index contributed by atoms with van der Waals surface area (Å²) in [6.07, 6.45) is 0. The largest absolute Gasteiger partial charge is 0.208 e. The number of nitrogens with zero attached hydrogens (tertiary/aromatic N) is 3. The number of hydrogen-bond donors (Lipinski definition) is 0. The van der Waals surface area contributed by atoms with E-state index in [1.54, 1.807) is 0 Å². The molecule has 8 aromatic carbocycles. The minimum absolute atomic E-state index is 0.140. The number of aromatic nitrogens is 3. The fraction of sp³-hybridized carbons (Fsp3) is 0.0577. The summed E-state index contributed by atoms with van der Waals surface area (Å²) in [5.41, 5.74) is 14.9. The monoisotopic (exact) mass is 703 g/mol. The maximum Gasteiger partial charge on any atom is 0.164 e. The van der Waals surface area contributed by atoms with Crippen LogP contribution in [-0.4, -0.2) is 15.0 Å². The average Bonchev–Trinajstić information content (AvgIpc) is 3.50. The summed E-state index contributed by atoms with van der Waals surface area (Å²) < 4.78 is 0. The van der Waals surface area contributed by atoms with Gasteiger partial charge in [-0.2, -0.15) is 0 Å². The highest BCUT2D eigenvalue weighted by Crippen LogP contribution is 2.53. The lowest BCUT2D eigenvalue weighted by Crippen LogP contribution is -2.16. The van der Waals surface area contributed by atoms with Gasteiger partial charge in [0.05, 0.1) is 0 Å². The van der Waals surface area contributed by atoms with E-state index in [0.717, 1.165) is 49.7 Å². The summed E-state index contributed by atoms with van der Waals surface area (Å²) in [7, 11) is 0. The summed E-state index contributed by atoms with van der Waals surface area (Å²) in [6, 6.07) is 66.5. The third kappa shape index (κ3) is 5.47. The molecule has 3 nitrogen and oxygen atoms in total. The van der Waals surface area contributed by atoms with Gasteiger partial charge in [-0.15, -0.1) is 0 Å². The molecular formula is C52H37N3. The molecule has 1 heterocycles. The van der Waals surface area contributed by atoms with Gasteiger partial charge in [0.2, 0.25) is 0 Å². The predicted octanol–water partition coefficient (Wildman–Crippen LogP) is 13.3. The molecular weight excluding hydrogens is 667 g/mol. The molecule has 0 saturated heterocycles. The first-order chi connectivity index (χ1) is 27.1. The zero-order valence-corrected chi connectivity index (χ0v) is 30.7. The molecule has 0 atom stereocenters. The molecule has 55 heavy (non-hydrogen) atoms. The Bertz CT molecular complexity index is 2790. The van der Waals surface area contributed by atoms with Crippen molar-refractivity contribution in [1.82, 2.24) is 15.0 Å². The Labute approximate surface area is 321 Å². The van der Waals surface area contributed by atoms with E-state index in [-0.39, 0.29) is 5.41 Å². The fourth-order valence-electron chi connectivity index (χ4n) is 8.63. The molecule has 1 aliphatic rings. The van der Waals surface area contributed by atoms with Crippen LogP contribution in [0.2, 0.25) is 0 Å². The number of benzene rings is 8. The normalized spacial score (nSPS) is 12.7. The van der Waals surface area contributed by atoms with Crippen LogP contribution in [0.25, 0.3) is 89.4 Å². The molecule has 10 rings (SSSR count). The zero-order valence-electron chi connectivity index (χ0n) is 30.7. The fourth-order valence-corrected chi connectivity index (χ4v) is 8.63. The van der Waals surface area contributed by atoms with Crippen LogP contribution in [0.4, 0.5) is 0 Å². The molecule has 0 bridgehead atoms. The molecule has 0 saturated carbocycles. The standard InChI is InChI=1S/C52H37N3/c1-52(2)47-31-16-15-26-41(47)43-30-17-29-42(48(43)52)40-32-33-46(39-25-12-11-24-38(39)40)51-54-49(44-27-13-9-22-36(44)34-18-5-3-6-19-34)53-50(55-51)45-28-14-10-23-37(45)35-20-7-4-8-21-35/h3-33H,1-2H3. The van der Waals surface area contributed by atoms with Gasteiger partial charge in [0, 0.05) is 22.1 Å². The minimum atomic E-state index is -0.140. The summed E-state index contributed by atoms with van der Waals surface area (Å²) >= 11 is 0. The molecule has 0 aliphatic heterocycles. The van der Waals surface area contributed by atoms with Crippen molar-refractivity contribution in [2.24, 2.45) is 0 Å². The SMILES string of the molecule is CC1(C)c2ccccc2-c2cccc(-c3ccc(-c4nc(-c5ccccc5-c5ccccc5)nc(-c5ccccc5-c5ccccc5)n4)c4ccccc34)c21. The highest BCUT2D eigenvalue weighted by molar-refractivity contribution is 6.06. The maximum absolute atomic E-state index is 5.33. The van der Waals surface area contributed by atoms with E-state index in [1.165, 1.54) is 33.4 Å². The first-order valence-corrected chi connectivity index (χ1v) is 18.9. The first kappa shape index (κ1) is 32.7. The van der Waals surface area contributed by atoms with Crippen LogP contribution in [0.3, 0.4) is 0 Å². The van der Waals surface area contributed by atoms with Gasteiger partial charge < -0.3 is 0 Å². The predicted molar refractivity (Wildman–Crippen MR) is 228 cm³/mol. The van der Waals surface area contributed by atoms with Crippen molar-refractivity contribution >= 4 is 10.8 Å². The van der Waals surface area contributed by atoms with Gasteiger partial charge >= 0.3 is 0 Å². The van der Waals surface area contributed by atoms with Crippen LogP contribution < -0.4 is 0 Å². The van der Waals surface area contributed by atoms with E-state index in [4.69, 9.17) is 15.0 Å². The van der Waals surface area contributed by atoms with Crippen LogP contribution in [0, 0.1) is 0 Å². The lowest BCUT2D eigenvalue weighted by Gasteiger charge is -2.25. The van der Waals surface area contributed by atoms with Gasteiger partial charge in [0.25, 0.3) is 0 Å². The summed E-state index contributed by atoms with van der Waals surface area (Å²) in [6.45, 7) is 4.71. The van der Waals surface area contributed by atoms with Crippen molar-refractivity contribution in [2.75, 3.05) is 0 Å². The van der Waals surface area contributed by atoms with Gasteiger partial charge in [-0.25, -0.2) is 15.0 Å². The summed E-state index contributed by atoms with van der Waals surface area (Å²) in [5.74, 6) is 1.91.